The van der Waals surface area contributed by atoms with E-state index in [2.05, 4.69) is 21.9 Å². The van der Waals surface area contributed by atoms with Crippen molar-refractivity contribution in [3.05, 3.63) is 77.9 Å². The largest absolute Gasteiger partial charge is 0.468 e. The van der Waals surface area contributed by atoms with E-state index in [4.69, 9.17) is 4.74 Å². The summed E-state index contributed by atoms with van der Waals surface area (Å²) in [6.45, 7) is 10.5. The third kappa shape index (κ3) is 9.06. The number of methoxy groups -OCH3 is 1. The average molecular weight is 524 g/mol. The summed E-state index contributed by atoms with van der Waals surface area (Å²) in [6, 6.07) is 14.2. The van der Waals surface area contributed by atoms with E-state index in [1.54, 1.807) is 52.0 Å². The number of esters is 1. The summed E-state index contributed by atoms with van der Waals surface area (Å²) < 4.78 is 10.0. The molecule has 0 radical (unpaired) electrons. The van der Waals surface area contributed by atoms with Gasteiger partial charge in [0.25, 0.3) is 0 Å². The molecule has 0 aliphatic carbocycles. The minimum absolute atomic E-state index is 0.148. The van der Waals surface area contributed by atoms with Crippen LogP contribution >= 0.6 is 0 Å². The number of nitrogens with one attached hydrogen (secondary N) is 2. The number of carbonyl (C=O) groups is 4. The quantitative estimate of drug-likeness (QED) is 0.435. The van der Waals surface area contributed by atoms with Crippen LogP contribution < -0.4 is 10.6 Å². The number of hydrogen-bond donors (Lipinski definition) is 2. The molecule has 2 aromatic carbocycles. The Balaban J connectivity index is 2.48. The van der Waals surface area contributed by atoms with Gasteiger partial charge in [0.1, 0.15) is 24.2 Å². The normalized spacial score (nSPS) is 12.4. The van der Waals surface area contributed by atoms with Crippen molar-refractivity contribution in [3.63, 3.8) is 0 Å². The first-order valence-electron chi connectivity index (χ1n) is 12.4. The molecule has 2 N–H and O–H groups in total. The van der Waals surface area contributed by atoms with Crippen LogP contribution in [-0.2, 0) is 30.3 Å². The van der Waals surface area contributed by atoms with E-state index >= 15 is 0 Å². The fourth-order valence-electron chi connectivity index (χ4n) is 3.82. The number of rotatable bonds is 11. The standard InChI is InChI=1S/C29H37N3O6/c1-7-20-15-12-16-22(17-20)25(26(34)30-19-24(33)37-6)32(8-2)27(35)23(18-21-13-10-9-11-14-21)31-28(36)38-29(3,4)5/h7,9-17,23,25H,1,8,18-19H2,2-6H3,(H,30,34)(H,31,36). The van der Waals surface area contributed by atoms with Gasteiger partial charge in [-0.05, 0) is 50.5 Å². The lowest BCUT2D eigenvalue weighted by Gasteiger charge is -2.34. The van der Waals surface area contributed by atoms with E-state index < -0.39 is 41.6 Å². The van der Waals surface area contributed by atoms with Crippen molar-refractivity contribution in [2.24, 2.45) is 0 Å². The second-order valence-corrected chi connectivity index (χ2v) is 9.58. The Morgan fingerprint density at radius 2 is 1.74 bits per heavy atom. The molecule has 0 aromatic heterocycles. The van der Waals surface area contributed by atoms with Gasteiger partial charge < -0.3 is 25.0 Å². The van der Waals surface area contributed by atoms with E-state index in [0.29, 0.717) is 5.56 Å². The zero-order chi connectivity index (χ0) is 28.3. The molecule has 0 aliphatic rings. The zero-order valence-electron chi connectivity index (χ0n) is 22.7. The van der Waals surface area contributed by atoms with Gasteiger partial charge in [-0.1, -0.05) is 61.2 Å². The summed E-state index contributed by atoms with van der Waals surface area (Å²) in [5.41, 5.74) is 1.33. The van der Waals surface area contributed by atoms with Gasteiger partial charge in [-0.3, -0.25) is 14.4 Å². The minimum atomic E-state index is -1.09. The molecule has 0 bridgehead atoms. The molecule has 0 spiro atoms. The molecular weight excluding hydrogens is 486 g/mol. The van der Waals surface area contributed by atoms with Crippen molar-refractivity contribution in [1.29, 1.82) is 0 Å². The summed E-state index contributed by atoms with van der Waals surface area (Å²) in [6.07, 6.45) is 1.06. The number of hydrogen-bond acceptors (Lipinski definition) is 6. The number of benzene rings is 2. The number of ether oxygens (including phenoxy) is 2. The van der Waals surface area contributed by atoms with E-state index in [0.717, 1.165) is 11.1 Å². The number of alkyl carbamates (subject to hydrolysis) is 1. The summed E-state index contributed by atoms with van der Waals surface area (Å²) in [4.78, 5) is 53.2. The summed E-state index contributed by atoms with van der Waals surface area (Å²) in [5, 5.41) is 5.24. The van der Waals surface area contributed by atoms with Gasteiger partial charge in [0.2, 0.25) is 11.8 Å². The molecule has 2 unspecified atom stereocenters. The molecule has 0 aliphatic heterocycles. The van der Waals surface area contributed by atoms with Crippen LogP contribution in [0.15, 0.2) is 61.2 Å². The van der Waals surface area contributed by atoms with Crippen LogP contribution in [0.5, 0.6) is 0 Å². The van der Waals surface area contributed by atoms with E-state index in [9.17, 15) is 19.2 Å². The lowest BCUT2D eigenvalue weighted by atomic mass is 9.99. The number of amides is 3. The molecule has 2 aromatic rings. The molecule has 204 valence electrons. The van der Waals surface area contributed by atoms with Gasteiger partial charge >= 0.3 is 12.1 Å². The van der Waals surface area contributed by atoms with Crippen molar-refractivity contribution in [1.82, 2.24) is 15.5 Å². The third-order valence-electron chi connectivity index (χ3n) is 5.55. The number of carbonyl (C=O) groups excluding carboxylic acids is 4. The Labute approximate surface area is 224 Å². The highest BCUT2D eigenvalue weighted by Gasteiger charge is 2.35. The highest BCUT2D eigenvalue weighted by atomic mass is 16.6. The predicted molar refractivity (Wildman–Crippen MR) is 145 cm³/mol. The Hall–Kier alpha value is -4.14. The Morgan fingerprint density at radius 3 is 2.32 bits per heavy atom. The van der Waals surface area contributed by atoms with Crippen molar-refractivity contribution >= 4 is 30.0 Å². The molecule has 2 rings (SSSR count). The maximum Gasteiger partial charge on any atom is 0.408 e. The molecule has 2 atom stereocenters. The minimum Gasteiger partial charge on any atom is -0.468 e. The van der Waals surface area contributed by atoms with Gasteiger partial charge in [0.05, 0.1) is 7.11 Å². The second kappa shape index (κ2) is 14.0. The summed E-state index contributed by atoms with van der Waals surface area (Å²) >= 11 is 0. The van der Waals surface area contributed by atoms with E-state index in [1.807, 2.05) is 36.4 Å². The lowest BCUT2D eigenvalue weighted by molar-refractivity contribution is -0.144. The van der Waals surface area contributed by atoms with Crippen LogP contribution in [0.25, 0.3) is 6.08 Å². The maximum atomic E-state index is 14.0. The van der Waals surface area contributed by atoms with Gasteiger partial charge in [-0.2, -0.15) is 0 Å². The number of nitrogens with zero attached hydrogens (tertiary/aromatic N) is 1. The molecule has 38 heavy (non-hydrogen) atoms. The Kier molecular flexibility index (Phi) is 11.1. The predicted octanol–water partition coefficient (Wildman–Crippen LogP) is 3.64. The smallest absolute Gasteiger partial charge is 0.408 e. The maximum absolute atomic E-state index is 14.0. The molecule has 0 saturated heterocycles. The zero-order valence-corrected chi connectivity index (χ0v) is 22.7. The monoisotopic (exact) mass is 523 g/mol. The fraction of sp³-hybridized carbons (Fsp3) is 0.379. The summed E-state index contributed by atoms with van der Waals surface area (Å²) in [7, 11) is 1.22. The van der Waals surface area contributed by atoms with Gasteiger partial charge in [0.15, 0.2) is 0 Å². The first kappa shape index (κ1) is 30.1. The highest BCUT2D eigenvalue weighted by molar-refractivity contribution is 5.93. The fourth-order valence-corrected chi connectivity index (χ4v) is 3.82. The Morgan fingerprint density at radius 1 is 1.05 bits per heavy atom. The molecule has 0 fully saturated rings. The van der Waals surface area contributed by atoms with E-state index in [-0.39, 0.29) is 19.5 Å². The Bertz CT molecular complexity index is 1130. The van der Waals surface area contributed by atoms with Crippen molar-refractivity contribution in [2.75, 3.05) is 20.2 Å². The summed E-state index contributed by atoms with van der Waals surface area (Å²) in [5.74, 6) is -1.67. The second-order valence-electron chi connectivity index (χ2n) is 9.58. The topological polar surface area (TPSA) is 114 Å². The van der Waals surface area contributed by atoms with Crippen LogP contribution in [0, 0.1) is 0 Å². The van der Waals surface area contributed by atoms with Crippen LogP contribution in [0.3, 0.4) is 0 Å². The molecule has 9 nitrogen and oxygen atoms in total. The van der Waals surface area contributed by atoms with Crippen molar-refractivity contribution in [3.8, 4) is 0 Å². The number of likely N-dealkylation sites (N-methyl/N-ethyl adjacent to an activating group) is 1. The highest BCUT2D eigenvalue weighted by Crippen LogP contribution is 2.24. The SMILES string of the molecule is C=Cc1cccc(C(C(=O)NCC(=O)OC)N(CC)C(=O)C(Cc2ccccc2)NC(=O)OC(C)(C)C)c1. The van der Waals surface area contributed by atoms with Crippen LogP contribution in [0.4, 0.5) is 4.79 Å². The van der Waals surface area contributed by atoms with E-state index in [1.165, 1.54) is 12.0 Å². The van der Waals surface area contributed by atoms with Gasteiger partial charge in [0, 0.05) is 13.0 Å². The molecule has 9 heteroatoms. The van der Waals surface area contributed by atoms with Crippen LogP contribution in [-0.4, -0.2) is 60.6 Å². The van der Waals surface area contributed by atoms with Crippen molar-refractivity contribution in [2.45, 2.75) is 51.8 Å². The first-order chi connectivity index (χ1) is 18.0. The molecule has 3 amide bonds. The molecular formula is C29H37N3O6. The third-order valence-corrected chi connectivity index (χ3v) is 5.55. The molecule has 0 heterocycles. The lowest BCUT2D eigenvalue weighted by Crippen LogP contribution is -2.54. The van der Waals surface area contributed by atoms with Crippen LogP contribution in [0.2, 0.25) is 0 Å². The van der Waals surface area contributed by atoms with Gasteiger partial charge in [-0.25, -0.2) is 4.79 Å². The van der Waals surface area contributed by atoms with Crippen molar-refractivity contribution < 1.29 is 28.7 Å². The van der Waals surface area contributed by atoms with Gasteiger partial charge in [-0.15, -0.1) is 0 Å². The molecule has 0 saturated carbocycles. The average Bonchev–Trinajstić information content (AvgIpc) is 2.88. The van der Waals surface area contributed by atoms with Crippen LogP contribution in [0.1, 0.15) is 50.4 Å². The first-order valence-corrected chi connectivity index (χ1v) is 12.4.